The molecule has 1 amide bonds. The molecule has 2 N–H and O–H groups in total. The molecule has 0 aliphatic carbocycles. The lowest BCUT2D eigenvalue weighted by molar-refractivity contribution is -0.136. The molecule has 1 rings (SSSR count). The molecule has 1 heterocycles. The van der Waals surface area contributed by atoms with Crippen LogP contribution in [0.3, 0.4) is 0 Å². The molecule has 1 aliphatic rings. The third-order valence-electron chi connectivity index (χ3n) is 2.45. The van der Waals surface area contributed by atoms with Crippen LogP contribution in [-0.4, -0.2) is 56.4 Å². The summed E-state index contributed by atoms with van der Waals surface area (Å²) in [6.45, 7) is 4.67. The summed E-state index contributed by atoms with van der Waals surface area (Å²) in [6, 6.07) is 0.297. The average molecular weight is 202 g/mol. The van der Waals surface area contributed by atoms with Crippen LogP contribution >= 0.6 is 0 Å². The van der Waals surface area contributed by atoms with Crippen molar-refractivity contribution >= 4 is 5.91 Å². The number of primary amides is 1. The van der Waals surface area contributed by atoms with Gasteiger partial charge >= 0.3 is 0 Å². The molecule has 0 bridgehead atoms. The van der Waals surface area contributed by atoms with Gasteiger partial charge in [-0.1, -0.05) is 0 Å². The van der Waals surface area contributed by atoms with E-state index in [9.17, 15) is 4.79 Å². The van der Waals surface area contributed by atoms with E-state index in [1.165, 1.54) is 0 Å². The van der Waals surface area contributed by atoms with Gasteiger partial charge in [0.1, 0.15) is 6.10 Å². The number of nitrogens with zero attached hydrogens (tertiary/aromatic N) is 1. The van der Waals surface area contributed by atoms with Gasteiger partial charge in [0.05, 0.1) is 13.2 Å². The maximum atomic E-state index is 10.9. The minimum Gasteiger partial charge on any atom is -0.383 e. The van der Waals surface area contributed by atoms with E-state index in [2.05, 4.69) is 11.8 Å². The highest BCUT2D eigenvalue weighted by Crippen LogP contribution is 2.08. The maximum Gasteiger partial charge on any atom is 0.247 e. The number of morpholine rings is 1. The Morgan fingerprint density at radius 1 is 1.79 bits per heavy atom. The van der Waals surface area contributed by atoms with Crippen LogP contribution in [0.25, 0.3) is 0 Å². The van der Waals surface area contributed by atoms with Gasteiger partial charge in [-0.05, 0) is 6.92 Å². The van der Waals surface area contributed by atoms with Gasteiger partial charge in [0.25, 0.3) is 0 Å². The predicted octanol–water partition coefficient (Wildman–Crippen LogP) is -0.793. The molecule has 0 saturated carbocycles. The number of ether oxygens (including phenoxy) is 2. The van der Waals surface area contributed by atoms with Crippen molar-refractivity contribution in [2.45, 2.75) is 19.1 Å². The van der Waals surface area contributed by atoms with E-state index < -0.39 is 6.10 Å². The van der Waals surface area contributed by atoms with Crippen LogP contribution < -0.4 is 5.73 Å². The number of carbonyl (C=O) groups is 1. The molecule has 0 radical (unpaired) electrons. The minimum absolute atomic E-state index is 0.297. The van der Waals surface area contributed by atoms with Crippen LogP contribution in [0.1, 0.15) is 6.92 Å². The molecule has 5 nitrogen and oxygen atoms in total. The van der Waals surface area contributed by atoms with Crippen molar-refractivity contribution in [1.29, 1.82) is 0 Å². The first kappa shape index (κ1) is 11.4. The van der Waals surface area contributed by atoms with Gasteiger partial charge in [-0.3, -0.25) is 9.69 Å². The summed E-state index contributed by atoms with van der Waals surface area (Å²) in [7, 11) is 1.67. The van der Waals surface area contributed by atoms with E-state index in [0.717, 1.165) is 6.54 Å². The van der Waals surface area contributed by atoms with E-state index in [-0.39, 0.29) is 5.91 Å². The van der Waals surface area contributed by atoms with Crippen molar-refractivity contribution in [3.63, 3.8) is 0 Å². The normalized spacial score (nSPS) is 26.0. The Kier molecular flexibility index (Phi) is 4.31. The highest BCUT2D eigenvalue weighted by atomic mass is 16.5. The van der Waals surface area contributed by atoms with Gasteiger partial charge < -0.3 is 15.2 Å². The van der Waals surface area contributed by atoms with Crippen LogP contribution in [0.2, 0.25) is 0 Å². The molecule has 82 valence electrons. The smallest absolute Gasteiger partial charge is 0.247 e. The van der Waals surface area contributed by atoms with E-state index >= 15 is 0 Å². The third-order valence-corrected chi connectivity index (χ3v) is 2.45. The highest BCUT2D eigenvalue weighted by Gasteiger charge is 2.27. The number of rotatable bonds is 4. The van der Waals surface area contributed by atoms with Gasteiger partial charge in [0, 0.05) is 26.2 Å². The lowest BCUT2D eigenvalue weighted by Crippen LogP contribution is -2.52. The quantitative estimate of drug-likeness (QED) is 0.648. The Bertz CT molecular complexity index is 198. The van der Waals surface area contributed by atoms with Crippen LogP contribution in [0.15, 0.2) is 0 Å². The average Bonchev–Trinajstić information content (AvgIpc) is 2.18. The molecular formula is C9H18N2O3. The molecule has 5 heteroatoms. The van der Waals surface area contributed by atoms with Gasteiger partial charge in [0.15, 0.2) is 0 Å². The molecule has 0 aromatic heterocycles. The summed E-state index contributed by atoms with van der Waals surface area (Å²) in [4.78, 5) is 13.1. The van der Waals surface area contributed by atoms with Gasteiger partial charge in [-0.2, -0.15) is 0 Å². The number of amides is 1. The lowest BCUT2D eigenvalue weighted by atomic mass is 10.2. The fraction of sp³-hybridized carbons (Fsp3) is 0.889. The second-order valence-electron chi connectivity index (χ2n) is 3.56. The third kappa shape index (κ3) is 2.94. The summed E-state index contributed by atoms with van der Waals surface area (Å²) in [6.07, 6.45) is -0.469. The molecule has 1 saturated heterocycles. The van der Waals surface area contributed by atoms with Crippen LogP contribution in [-0.2, 0) is 14.3 Å². The first-order valence-corrected chi connectivity index (χ1v) is 4.79. The van der Waals surface area contributed by atoms with Crippen molar-refractivity contribution in [1.82, 2.24) is 4.90 Å². The van der Waals surface area contributed by atoms with Crippen LogP contribution in [0.4, 0.5) is 0 Å². The number of nitrogens with two attached hydrogens (primary N) is 1. The molecule has 1 fully saturated rings. The maximum absolute atomic E-state index is 10.9. The zero-order chi connectivity index (χ0) is 10.6. The van der Waals surface area contributed by atoms with Crippen molar-refractivity contribution in [3.8, 4) is 0 Å². The Hall–Kier alpha value is -0.650. The van der Waals surface area contributed by atoms with Gasteiger partial charge in [-0.25, -0.2) is 0 Å². The standard InChI is InChI=1S/C9H18N2O3/c1-7(6-13-2)11-3-4-14-8(5-11)9(10)12/h7-8H,3-6H2,1-2H3,(H2,10,12). The van der Waals surface area contributed by atoms with Gasteiger partial charge in [-0.15, -0.1) is 0 Å². The van der Waals surface area contributed by atoms with Crippen molar-refractivity contribution in [2.75, 3.05) is 33.4 Å². The molecule has 2 atom stereocenters. The van der Waals surface area contributed by atoms with Gasteiger partial charge in [0.2, 0.25) is 5.91 Å². The molecule has 0 aromatic rings. The Morgan fingerprint density at radius 3 is 3.07 bits per heavy atom. The zero-order valence-electron chi connectivity index (χ0n) is 8.73. The van der Waals surface area contributed by atoms with E-state index in [0.29, 0.717) is 25.8 Å². The monoisotopic (exact) mass is 202 g/mol. The summed E-state index contributed by atoms with van der Waals surface area (Å²) >= 11 is 0. The SMILES string of the molecule is COCC(C)N1CCOC(C(N)=O)C1. The Balaban J connectivity index is 2.43. The fourth-order valence-electron chi connectivity index (χ4n) is 1.59. The topological polar surface area (TPSA) is 64.8 Å². The number of carbonyl (C=O) groups excluding carboxylic acids is 1. The number of hydrogen-bond donors (Lipinski definition) is 1. The van der Waals surface area contributed by atoms with Crippen LogP contribution in [0, 0.1) is 0 Å². The first-order valence-electron chi connectivity index (χ1n) is 4.79. The van der Waals surface area contributed by atoms with E-state index in [4.69, 9.17) is 15.2 Å². The van der Waals surface area contributed by atoms with E-state index in [1.807, 2.05) is 0 Å². The summed E-state index contributed by atoms with van der Waals surface area (Å²) in [5.74, 6) is -0.390. The van der Waals surface area contributed by atoms with Crippen molar-refractivity contribution in [3.05, 3.63) is 0 Å². The first-order chi connectivity index (χ1) is 6.65. The predicted molar refractivity (Wildman–Crippen MR) is 51.8 cm³/mol. The number of methoxy groups -OCH3 is 1. The summed E-state index contributed by atoms with van der Waals surface area (Å²) < 4.78 is 10.3. The second-order valence-corrected chi connectivity index (χ2v) is 3.56. The number of hydrogen-bond acceptors (Lipinski definition) is 4. The largest absolute Gasteiger partial charge is 0.383 e. The Labute approximate surface area is 84.1 Å². The van der Waals surface area contributed by atoms with Crippen molar-refractivity contribution in [2.24, 2.45) is 5.73 Å². The lowest BCUT2D eigenvalue weighted by Gasteiger charge is -2.35. The van der Waals surface area contributed by atoms with Crippen LogP contribution in [0.5, 0.6) is 0 Å². The molecule has 14 heavy (non-hydrogen) atoms. The van der Waals surface area contributed by atoms with E-state index in [1.54, 1.807) is 7.11 Å². The zero-order valence-corrected chi connectivity index (χ0v) is 8.73. The molecule has 0 aromatic carbocycles. The highest BCUT2D eigenvalue weighted by molar-refractivity contribution is 5.79. The second kappa shape index (κ2) is 5.29. The summed E-state index contributed by atoms with van der Waals surface area (Å²) in [5, 5.41) is 0. The summed E-state index contributed by atoms with van der Waals surface area (Å²) in [5.41, 5.74) is 5.18. The molecule has 0 spiro atoms. The Morgan fingerprint density at radius 2 is 2.50 bits per heavy atom. The van der Waals surface area contributed by atoms with Crippen molar-refractivity contribution < 1.29 is 14.3 Å². The fourth-order valence-corrected chi connectivity index (χ4v) is 1.59. The molecular weight excluding hydrogens is 184 g/mol. The molecule has 1 aliphatic heterocycles. The molecule has 2 unspecified atom stereocenters. The minimum atomic E-state index is -0.469.